The highest BCUT2D eigenvalue weighted by atomic mass is 35.5. The third-order valence-corrected chi connectivity index (χ3v) is 4.27. The molecular weight excluding hydrogens is 334 g/mol. The van der Waals surface area contributed by atoms with Crippen LogP contribution in [0, 0.1) is 6.92 Å². The van der Waals surface area contributed by atoms with E-state index in [9.17, 15) is 8.60 Å². The molecule has 19 heavy (non-hydrogen) atoms. The molecule has 0 radical (unpaired) electrons. The minimum absolute atomic E-state index is 0.357. The Balaban J connectivity index is 2.98. The summed E-state index contributed by atoms with van der Waals surface area (Å²) in [5.74, 6) is 0. The van der Waals surface area contributed by atoms with E-state index in [0.717, 1.165) is 9.27 Å². The maximum absolute atomic E-state index is 13.4. The Morgan fingerprint density at radius 3 is 2.26 bits per heavy atom. The molecule has 1 aromatic carbocycles. The molecule has 4 nitrogen and oxygen atoms in total. The molecule has 0 aliphatic rings. The van der Waals surface area contributed by atoms with E-state index in [2.05, 4.69) is 0 Å². The number of nitrogens with zero attached hydrogens (tertiary/aromatic N) is 2. The first-order valence-electron chi connectivity index (χ1n) is 5.09. The zero-order chi connectivity index (χ0) is 14.6. The molecule has 1 aromatic rings. The highest BCUT2D eigenvalue weighted by molar-refractivity contribution is 8.13. The number of aryl methyl sites for hydroxylation is 1. The van der Waals surface area contributed by atoms with Crippen LogP contribution in [0.4, 0.5) is 10.1 Å². The minimum Gasteiger partial charge on any atom is -0.204 e. The van der Waals surface area contributed by atoms with Gasteiger partial charge in [0.05, 0.1) is 5.69 Å². The van der Waals surface area contributed by atoms with Crippen molar-refractivity contribution in [3.63, 3.8) is 0 Å². The number of hydroxylamine groups is 2. The van der Waals surface area contributed by atoms with Gasteiger partial charge in [0, 0.05) is 26.0 Å². The zero-order valence-corrected chi connectivity index (χ0v) is 13.6. The van der Waals surface area contributed by atoms with Crippen molar-refractivity contribution in [2.45, 2.75) is 10.8 Å². The highest BCUT2D eigenvalue weighted by Gasteiger charge is 2.32. The van der Waals surface area contributed by atoms with Crippen molar-refractivity contribution in [3.8, 4) is 0 Å². The SMILES string of the molecule is Cc1ccc(N(SC(F)(Cl)Cl)S(=O)ON(C)C)cc1. The van der Waals surface area contributed by atoms with Crippen LogP contribution in [0.5, 0.6) is 0 Å². The standard InChI is InChI=1S/C10H13Cl2FN2O2S2/c1-8-4-6-9(7-5-8)15(18-10(11,12)13)19(16)17-14(2)3/h4-7H,1-3H3. The van der Waals surface area contributed by atoms with Crippen molar-refractivity contribution in [1.29, 1.82) is 0 Å². The number of rotatable bonds is 6. The second kappa shape index (κ2) is 7.10. The first-order valence-corrected chi connectivity index (χ1v) is 7.65. The van der Waals surface area contributed by atoms with Crippen LogP contribution < -0.4 is 3.71 Å². The summed E-state index contributed by atoms with van der Waals surface area (Å²) in [7, 11) is 3.11. The van der Waals surface area contributed by atoms with Crippen molar-refractivity contribution in [3.05, 3.63) is 29.8 Å². The monoisotopic (exact) mass is 346 g/mol. The van der Waals surface area contributed by atoms with Gasteiger partial charge in [0.1, 0.15) is 0 Å². The quantitative estimate of drug-likeness (QED) is 0.447. The molecule has 1 rings (SSSR count). The summed E-state index contributed by atoms with van der Waals surface area (Å²) in [5.41, 5.74) is 1.47. The summed E-state index contributed by atoms with van der Waals surface area (Å²) in [5, 5.41) is 1.24. The Labute approximate surface area is 128 Å². The van der Waals surface area contributed by atoms with Gasteiger partial charge in [-0.3, -0.25) is 0 Å². The smallest absolute Gasteiger partial charge is 0.204 e. The normalized spacial score (nSPS) is 13.6. The molecule has 0 saturated carbocycles. The van der Waals surface area contributed by atoms with Crippen LogP contribution in [0.15, 0.2) is 24.3 Å². The van der Waals surface area contributed by atoms with Crippen LogP contribution in [-0.4, -0.2) is 27.3 Å². The molecule has 0 amide bonds. The van der Waals surface area contributed by atoms with E-state index in [-0.39, 0.29) is 0 Å². The van der Waals surface area contributed by atoms with Gasteiger partial charge in [-0.05, 0) is 19.1 Å². The van der Waals surface area contributed by atoms with Crippen molar-refractivity contribution >= 4 is 52.1 Å². The Hall–Kier alpha value is -0.0500. The van der Waals surface area contributed by atoms with Crippen LogP contribution >= 0.6 is 35.1 Å². The molecule has 0 spiro atoms. The van der Waals surface area contributed by atoms with Gasteiger partial charge < -0.3 is 0 Å². The molecule has 108 valence electrons. The Morgan fingerprint density at radius 1 is 1.32 bits per heavy atom. The van der Waals surface area contributed by atoms with E-state index in [1.165, 1.54) is 5.06 Å². The number of anilines is 1. The fourth-order valence-electron chi connectivity index (χ4n) is 1.09. The van der Waals surface area contributed by atoms with Gasteiger partial charge in [0.25, 0.3) is 11.3 Å². The van der Waals surface area contributed by atoms with Gasteiger partial charge in [-0.1, -0.05) is 40.9 Å². The van der Waals surface area contributed by atoms with Gasteiger partial charge in [-0.2, -0.15) is 13.7 Å². The second-order valence-corrected chi connectivity index (χ2v) is 7.71. The third-order valence-electron chi connectivity index (χ3n) is 1.78. The fraction of sp³-hybridized carbons (Fsp3) is 0.400. The van der Waals surface area contributed by atoms with Gasteiger partial charge in [-0.15, -0.1) is 0 Å². The van der Waals surface area contributed by atoms with Crippen LogP contribution in [0.1, 0.15) is 5.56 Å². The van der Waals surface area contributed by atoms with Crippen molar-refractivity contribution in [2.24, 2.45) is 0 Å². The van der Waals surface area contributed by atoms with E-state index in [0.29, 0.717) is 17.6 Å². The number of benzene rings is 1. The molecule has 0 aliphatic heterocycles. The number of hydrogen-bond acceptors (Lipinski definition) is 4. The topological polar surface area (TPSA) is 32.8 Å². The number of alkyl halides is 3. The van der Waals surface area contributed by atoms with E-state index in [4.69, 9.17) is 27.5 Å². The van der Waals surface area contributed by atoms with Crippen LogP contribution in [0.3, 0.4) is 0 Å². The van der Waals surface area contributed by atoms with Gasteiger partial charge in [0.2, 0.25) is 0 Å². The number of hydrogen-bond donors (Lipinski definition) is 0. The van der Waals surface area contributed by atoms with Crippen molar-refractivity contribution in [1.82, 2.24) is 5.06 Å². The lowest BCUT2D eigenvalue weighted by molar-refractivity contribution is 0.0141. The van der Waals surface area contributed by atoms with Gasteiger partial charge >= 0.3 is 3.92 Å². The van der Waals surface area contributed by atoms with Crippen LogP contribution in [0.2, 0.25) is 0 Å². The maximum Gasteiger partial charge on any atom is 0.324 e. The van der Waals surface area contributed by atoms with Crippen LogP contribution in [0.25, 0.3) is 0 Å². The minimum atomic E-state index is -2.61. The lowest BCUT2D eigenvalue weighted by atomic mass is 10.2. The fourth-order valence-corrected chi connectivity index (χ4v) is 3.40. The molecule has 0 N–H and O–H groups in total. The van der Waals surface area contributed by atoms with E-state index < -0.39 is 15.2 Å². The highest BCUT2D eigenvalue weighted by Crippen LogP contribution is 2.41. The second-order valence-electron chi connectivity index (χ2n) is 3.73. The molecule has 9 heteroatoms. The summed E-state index contributed by atoms with van der Waals surface area (Å²) in [6, 6.07) is 6.91. The summed E-state index contributed by atoms with van der Waals surface area (Å²) in [6.07, 6.45) is 0. The first kappa shape index (κ1) is 17.0. The van der Waals surface area contributed by atoms with Crippen molar-refractivity contribution < 1.29 is 12.9 Å². The molecule has 0 fully saturated rings. The Bertz CT molecular complexity index is 440. The maximum atomic E-state index is 13.4. The predicted molar refractivity (Wildman–Crippen MR) is 79.7 cm³/mol. The van der Waals surface area contributed by atoms with Crippen LogP contribution in [-0.2, 0) is 15.6 Å². The average molecular weight is 347 g/mol. The molecule has 1 unspecified atom stereocenters. The molecular formula is C10H13Cl2FN2O2S2. The lowest BCUT2D eigenvalue weighted by Gasteiger charge is -2.24. The summed E-state index contributed by atoms with van der Waals surface area (Å²) < 4.78 is 28.7. The molecule has 0 aromatic heterocycles. The van der Waals surface area contributed by atoms with Gasteiger partial charge in [-0.25, -0.2) is 7.92 Å². The Morgan fingerprint density at radius 2 is 1.84 bits per heavy atom. The van der Waals surface area contributed by atoms with E-state index in [1.54, 1.807) is 38.4 Å². The van der Waals surface area contributed by atoms with E-state index in [1.807, 2.05) is 6.92 Å². The van der Waals surface area contributed by atoms with E-state index >= 15 is 0 Å². The summed E-state index contributed by atoms with van der Waals surface area (Å²) in [6.45, 7) is 1.90. The summed E-state index contributed by atoms with van der Waals surface area (Å²) in [4.78, 5) is 0. The van der Waals surface area contributed by atoms with Crippen molar-refractivity contribution in [2.75, 3.05) is 17.8 Å². The molecule has 1 atom stereocenters. The lowest BCUT2D eigenvalue weighted by Crippen LogP contribution is -2.28. The molecule has 0 heterocycles. The Kier molecular flexibility index (Phi) is 6.35. The molecule has 0 aliphatic carbocycles. The predicted octanol–water partition coefficient (Wildman–Crippen LogP) is 3.58. The third kappa shape index (κ3) is 6.29. The molecule has 0 saturated heterocycles. The molecule has 0 bridgehead atoms. The largest absolute Gasteiger partial charge is 0.324 e. The van der Waals surface area contributed by atoms with Gasteiger partial charge in [0.15, 0.2) is 0 Å². The number of halogens is 3. The summed E-state index contributed by atoms with van der Waals surface area (Å²) >= 11 is 8.99. The average Bonchev–Trinajstić information content (AvgIpc) is 2.25. The first-order chi connectivity index (χ1) is 8.69. The zero-order valence-electron chi connectivity index (χ0n) is 10.5.